The molecule has 2 rings (SSSR count). The van der Waals surface area contributed by atoms with Crippen molar-refractivity contribution in [1.29, 1.82) is 0 Å². The van der Waals surface area contributed by atoms with Crippen LogP contribution in [-0.2, 0) is 13.0 Å². The molecule has 1 atom stereocenters. The van der Waals surface area contributed by atoms with Crippen LogP contribution in [-0.4, -0.2) is 5.11 Å². The quantitative estimate of drug-likeness (QED) is 0.685. The van der Waals surface area contributed by atoms with Gasteiger partial charge in [-0.05, 0) is 35.6 Å². The Hall–Kier alpha value is -0.930. The van der Waals surface area contributed by atoms with Gasteiger partial charge in [-0.15, -0.1) is 0 Å². The maximum Gasteiger partial charge on any atom is 0.126 e. The molecule has 3 heteroatoms. The fraction of sp³-hybridized carbons (Fsp3) is 0.400. The van der Waals surface area contributed by atoms with Crippen LogP contribution >= 0.6 is 0 Å². The van der Waals surface area contributed by atoms with E-state index in [4.69, 9.17) is 10.8 Å². The van der Waals surface area contributed by atoms with E-state index in [1.165, 1.54) is 6.07 Å². The zero-order chi connectivity index (χ0) is 9.42. The number of halogens is 1. The van der Waals surface area contributed by atoms with Gasteiger partial charge in [0.05, 0.1) is 6.61 Å². The minimum atomic E-state index is -0.194. The van der Waals surface area contributed by atoms with E-state index in [0.29, 0.717) is 12.0 Å². The third-order valence-electron chi connectivity index (χ3n) is 2.64. The van der Waals surface area contributed by atoms with Gasteiger partial charge in [0.2, 0.25) is 0 Å². The summed E-state index contributed by atoms with van der Waals surface area (Å²) in [6.45, 7) is -0.0592. The van der Waals surface area contributed by atoms with Gasteiger partial charge in [0.25, 0.3) is 0 Å². The Kier molecular flexibility index (Phi) is 2.06. The second kappa shape index (κ2) is 3.09. The number of hydrogen-bond donors (Lipinski definition) is 2. The van der Waals surface area contributed by atoms with E-state index < -0.39 is 0 Å². The first-order valence-corrected chi connectivity index (χ1v) is 4.40. The Morgan fingerprint density at radius 1 is 1.54 bits per heavy atom. The molecule has 2 nitrogen and oxygen atoms in total. The summed E-state index contributed by atoms with van der Waals surface area (Å²) < 4.78 is 13.2. The van der Waals surface area contributed by atoms with Crippen LogP contribution in [0, 0.1) is 5.82 Å². The second-order valence-electron chi connectivity index (χ2n) is 3.40. The summed E-state index contributed by atoms with van der Waals surface area (Å²) in [5.74, 6) is -0.194. The van der Waals surface area contributed by atoms with Crippen LogP contribution in [0.15, 0.2) is 12.1 Å². The van der Waals surface area contributed by atoms with E-state index in [1.54, 1.807) is 6.07 Å². The molecule has 0 aromatic heterocycles. The molecule has 1 aliphatic carbocycles. The van der Waals surface area contributed by atoms with Crippen molar-refractivity contribution in [3.8, 4) is 0 Å². The molecular formula is C10H12FNO. The summed E-state index contributed by atoms with van der Waals surface area (Å²) in [4.78, 5) is 0. The number of aliphatic hydroxyl groups is 1. The number of hydrogen-bond acceptors (Lipinski definition) is 2. The van der Waals surface area contributed by atoms with E-state index in [-0.39, 0.29) is 18.5 Å². The molecule has 1 aromatic rings. The van der Waals surface area contributed by atoms with Gasteiger partial charge in [-0.1, -0.05) is 6.07 Å². The number of aliphatic hydroxyl groups excluding tert-OH is 1. The van der Waals surface area contributed by atoms with Crippen molar-refractivity contribution in [1.82, 2.24) is 0 Å². The van der Waals surface area contributed by atoms with Gasteiger partial charge in [-0.2, -0.15) is 0 Å². The Bertz CT molecular complexity index is 338. The highest BCUT2D eigenvalue weighted by molar-refractivity contribution is 5.41. The Morgan fingerprint density at radius 2 is 2.31 bits per heavy atom. The van der Waals surface area contributed by atoms with E-state index in [1.807, 2.05) is 0 Å². The van der Waals surface area contributed by atoms with Gasteiger partial charge >= 0.3 is 0 Å². The molecule has 1 aromatic carbocycles. The summed E-state index contributed by atoms with van der Waals surface area (Å²) in [7, 11) is 0. The topological polar surface area (TPSA) is 46.2 Å². The first-order valence-electron chi connectivity index (χ1n) is 4.40. The highest BCUT2D eigenvalue weighted by Crippen LogP contribution is 2.33. The maximum atomic E-state index is 13.2. The van der Waals surface area contributed by atoms with Crippen molar-refractivity contribution in [2.45, 2.75) is 25.5 Å². The molecule has 13 heavy (non-hydrogen) atoms. The molecule has 0 bridgehead atoms. The van der Waals surface area contributed by atoms with E-state index in [9.17, 15) is 4.39 Å². The second-order valence-corrected chi connectivity index (χ2v) is 3.40. The van der Waals surface area contributed by atoms with Gasteiger partial charge in [0.1, 0.15) is 5.82 Å². The van der Waals surface area contributed by atoms with Crippen LogP contribution in [0.25, 0.3) is 0 Å². The largest absolute Gasteiger partial charge is 0.392 e. The first-order chi connectivity index (χ1) is 6.24. The molecule has 0 saturated heterocycles. The number of fused-ring (bicyclic) bond motifs is 1. The molecule has 0 radical (unpaired) electrons. The predicted molar refractivity (Wildman–Crippen MR) is 47.6 cm³/mol. The summed E-state index contributed by atoms with van der Waals surface area (Å²) in [6, 6.07) is 2.91. The van der Waals surface area contributed by atoms with Crippen molar-refractivity contribution in [3.63, 3.8) is 0 Å². The Labute approximate surface area is 76.2 Å². The highest BCUT2D eigenvalue weighted by Gasteiger charge is 2.24. The minimum Gasteiger partial charge on any atom is -0.392 e. The fourth-order valence-corrected chi connectivity index (χ4v) is 1.98. The van der Waals surface area contributed by atoms with E-state index >= 15 is 0 Å². The maximum absolute atomic E-state index is 13.2. The number of nitrogens with two attached hydrogens (primary N) is 1. The van der Waals surface area contributed by atoms with Gasteiger partial charge < -0.3 is 10.8 Å². The van der Waals surface area contributed by atoms with Crippen LogP contribution in [0.1, 0.15) is 29.2 Å². The van der Waals surface area contributed by atoms with E-state index in [0.717, 1.165) is 17.5 Å². The molecule has 0 saturated carbocycles. The van der Waals surface area contributed by atoms with Gasteiger partial charge in [0.15, 0.2) is 0 Å². The molecule has 1 aliphatic rings. The normalized spacial score (nSPS) is 20.4. The van der Waals surface area contributed by atoms with Crippen LogP contribution in [0.4, 0.5) is 4.39 Å². The van der Waals surface area contributed by atoms with Crippen LogP contribution in [0.2, 0.25) is 0 Å². The van der Waals surface area contributed by atoms with Crippen LogP contribution in [0.3, 0.4) is 0 Å². The lowest BCUT2D eigenvalue weighted by Gasteiger charge is -2.10. The lowest BCUT2D eigenvalue weighted by molar-refractivity contribution is 0.280. The van der Waals surface area contributed by atoms with Crippen LogP contribution in [0.5, 0.6) is 0 Å². The van der Waals surface area contributed by atoms with Crippen LogP contribution < -0.4 is 5.73 Å². The van der Waals surface area contributed by atoms with Gasteiger partial charge in [-0.25, -0.2) is 4.39 Å². The molecule has 70 valence electrons. The lowest BCUT2D eigenvalue weighted by atomic mass is 10.0. The van der Waals surface area contributed by atoms with E-state index in [2.05, 4.69) is 0 Å². The highest BCUT2D eigenvalue weighted by atomic mass is 19.1. The monoisotopic (exact) mass is 181 g/mol. The third kappa shape index (κ3) is 1.24. The van der Waals surface area contributed by atoms with Crippen molar-refractivity contribution in [2.24, 2.45) is 5.73 Å². The van der Waals surface area contributed by atoms with Crippen molar-refractivity contribution < 1.29 is 9.50 Å². The smallest absolute Gasteiger partial charge is 0.126 e. The molecule has 0 amide bonds. The summed E-state index contributed by atoms with van der Waals surface area (Å²) in [5.41, 5.74) is 8.09. The fourth-order valence-electron chi connectivity index (χ4n) is 1.98. The molecule has 0 unspecified atom stereocenters. The standard InChI is InChI=1S/C10H12FNO/c11-8-3-1-6(5-13)10-7(8)2-4-9(10)12/h1,3,9,13H,2,4-5,12H2/t9-/m1/s1. The third-order valence-corrected chi connectivity index (χ3v) is 2.64. The minimum absolute atomic E-state index is 0.0592. The number of rotatable bonds is 1. The summed E-state index contributed by atoms with van der Waals surface area (Å²) in [5, 5.41) is 9.03. The van der Waals surface area contributed by atoms with Crippen molar-refractivity contribution in [2.75, 3.05) is 0 Å². The molecule has 0 spiro atoms. The van der Waals surface area contributed by atoms with Crippen molar-refractivity contribution in [3.05, 3.63) is 34.6 Å². The molecule has 0 fully saturated rings. The number of benzene rings is 1. The van der Waals surface area contributed by atoms with Gasteiger partial charge in [0, 0.05) is 6.04 Å². The first kappa shape index (κ1) is 8.66. The lowest BCUT2D eigenvalue weighted by Crippen LogP contribution is -2.08. The molecule has 3 N–H and O–H groups in total. The zero-order valence-corrected chi connectivity index (χ0v) is 7.26. The average Bonchev–Trinajstić information content (AvgIpc) is 2.51. The molecular weight excluding hydrogens is 169 g/mol. The molecule has 0 aliphatic heterocycles. The Morgan fingerprint density at radius 3 is 3.00 bits per heavy atom. The zero-order valence-electron chi connectivity index (χ0n) is 7.26. The van der Waals surface area contributed by atoms with Crippen molar-refractivity contribution >= 4 is 0 Å². The predicted octanol–water partition coefficient (Wildman–Crippen LogP) is 1.26. The van der Waals surface area contributed by atoms with Gasteiger partial charge in [-0.3, -0.25) is 0 Å². The summed E-state index contributed by atoms with van der Waals surface area (Å²) >= 11 is 0. The summed E-state index contributed by atoms with van der Waals surface area (Å²) in [6.07, 6.45) is 1.47. The Balaban J connectivity index is 2.60. The SMILES string of the molecule is N[C@@H]1CCc2c(F)ccc(CO)c21. The molecule has 0 heterocycles. The average molecular weight is 181 g/mol.